The van der Waals surface area contributed by atoms with Crippen molar-refractivity contribution in [2.45, 2.75) is 70.6 Å². The van der Waals surface area contributed by atoms with Gasteiger partial charge in [-0.2, -0.15) is 0 Å². The van der Waals surface area contributed by atoms with Gasteiger partial charge in [0.15, 0.2) is 0 Å². The predicted molar refractivity (Wildman–Crippen MR) is 127 cm³/mol. The van der Waals surface area contributed by atoms with Crippen LogP contribution in [-0.4, -0.2) is 80.9 Å². The highest BCUT2D eigenvalue weighted by Gasteiger charge is 2.22. The number of rotatable bonds is 16. The average Bonchev–Trinajstić information content (AvgIpc) is 2.79. The molecule has 204 valence electrons. The van der Waals surface area contributed by atoms with Gasteiger partial charge in [0.05, 0.1) is 20.1 Å². The summed E-state index contributed by atoms with van der Waals surface area (Å²) in [5, 5.41) is 11.0. The lowest BCUT2D eigenvalue weighted by molar-refractivity contribution is -0.150. The molecule has 0 fully saturated rings. The van der Waals surface area contributed by atoms with Crippen molar-refractivity contribution in [1.82, 2.24) is 16.0 Å². The number of hydrogen-bond donors (Lipinski definition) is 4. The summed E-state index contributed by atoms with van der Waals surface area (Å²) < 4.78 is 14.5. The van der Waals surface area contributed by atoms with Gasteiger partial charge in [-0.1, -0.05) is 5.11 Å². The molecular weight excluding hydrogens is 478 g/mol. The van der Waals surface area contributed by atoms with Crippen molar-refractivity contribution in [1.29, 1.82) is 0 Å². The van der Waals surface area contributed by atoms with Crippen LogP contribution in [0.5, 0.6) is 0 Å². The molecule has 0 bridgehead atoms. The fraction of sp³-hybridized carbons (Fsp3) is 0.762. The zero-order valence-corrected chi connectivity index (χ0v) is 21.2. The van der Waals surface area contributed by atoms with E-state index in [1.165, 1.54) is 7.11 Å². The molecule has 0 saturated carbocycles. The number of carbonyl (C=O) groups excluding carboxylic acids is 5. The molecule has 0 radical (unpaired) electrons. The van der Waals surface area contributed by atoms with Crippen LogP contribution in [0, 0.1) is 0 Å². The number of amides is 3. The van der Waals surface area contributed by atoms with E-state index in [9.17, 15) is 24.0 Å². The lowest BCUT2D eigenvalue weighted by atomic mass is 10.1. The molecule has 0 spiro atoms. The molecule has 0 aromatic rings. The van der Waals surface area contributed by atoms with Gasteiger partial charge < -0.3 is 35.9 Å². The Kier molecular flexibility index (Phi) is 16.0. The largest absolute Gasteiger partial charge is 0.469 e. The Bertz CT molecular complexity index is 794. The maximum absolute atomic E-state index is 12.6. The number of nitrogens with zero attached hydrogens (tertiary/aromatic N) is 3. The van der Waals surface area contributed by atoms with Gasteiger partial charge in [-0.25, -0.2) is 4.79 Å². The van der Waals surface area contributed by atoms with E-state index in [1.54, 1.807) is 20.8 Å². The Morgan fingerprint density at radius 3 is 2.39 bits per heavy atom. The van der Waals surface area contributed by atoms with Gasteiger partial charge >= 0.3 is 18.0 Å². The van der Waals surface area contributed by atoms with Gasteiger partial charge in [0, 0.05) is 24.4 Å². The van der Waals surface area contributed by atoms with E-state index in [1.807, 2.05) is 0 Å². The van der Waals surface area contributed by atoms with Gasteiger partial charge in [-0.3, -0.25) is 19.2 Å². The molecule has 0 rings (SSSR count). The summed E-state index contributed by atoms with van der Waals surface area (Å²) in [6.07, 6.45) is 0.288. The Labute approximate surface area is 209 Å². The standard InChI is InChI=1S/C21H37N7O8/c1-21(2,3)36-20(33)25-9-6-5-7-15(27-16(29)8-10-26-28-23)18(31)24-11-12-35-19(32)14(22)13-17(30)34-4/h14-15H,5-13,22H2,1-4H3,(H,24,31)(H,25,33)(H,27,29)/t14-,15-/m0/s1. The second kappa shape index (κ2) is 17.8. The van der Waals surface area contributed by atoms with E-state index in [4.69, 9.17) is 20.7 Å². The number of unbranched alkanes of at least 4 members (excludes halogenated alkanes) is 1. The van der Waals surface area contributed by atoms with E-state index < -0.39 is 47.5 Å². The predicted octanol–water partition coefficient (Wildman–Crippen LogP) is 0.416. The second-order valence-electron chi connectivity index (χ2n) is 8.59. The third-order valence-corrected chi connectivity index (χ3v) is 4.30. The van der Waals surface area contributed by atoms with Gasteiger partial charge in [0.1, 0.15) is 24.3 Å². The molecule has 0 unspecified atom stereocenters. The fourth-order valence-electron chi connectivity index (χ4n) is 2.61. The number of nitrogens with two attached hydrogens (primary N) is 1. The van der Waals surface area contributed by atoms with Crippen LogP contribution >= 0.6 is 0 Å². The van der Waals surface area contributed by atoms with Gasteiger partial charge in [0.25, 0.3) is 0 Å². The summed E-state index contributed by atoms with van der Waals surface area (Å²) in [7, 11) is 1.17. The van der Waals surface area contributed by atoms with E-state index in [0.717, 1.165) is 0 Å². The maximum atomic E-state index is 12.6. The SMILES string of the molecule is COC(=O)C[C@H](N)C(=O)OCCNC(=O)[C@H](CCCCNC(=O)OC(C)(C)C)NC(=O)CCN=[N+]=[N-]. The Balaban J connectivity index is 4.62. The van der Waals surface area contributed by atoms with Crippen molar-refractivity contribution in [3.8, 4) is 0 Å². The number of alkyl carbamates (subject to hydrolysis) is 1. The van der Waals surface area contributed by atoms with Crippen LogP contribution < -0.4 is 21.7 Å². The highest BCUT2D eigenvalue weighted by Crippen LogP contribution is 2.07. The molecule has 0 heterocycles. The van der Waals surface area contributed by atoms with Crippen LogP contribution in [-0.2, 0) is 33.4 Å². The Morgan fingerprint density at radius 1 is 1.08 bits per heavy atom. The molecule has 3 amide bonds. The van der Waals surface area contributed by atoms with Gasteiger partial charge in [0.2, 0.25) is 11.8 Å². The van der Waals surface area contributed by atoms with Gasteiger partial charge in [-0.15, -0.1) is 0 Å². The summed E-state index contributed by atoms with van der Waals surface area (Å²) in [6, 6.07) is -2.09. The molecule has 0 aromatic heterocycles. The van der Waals surface area contributed by atoms with E-state index in [-0.39, 0.29) is 39.0 Å². The first kappa shape index (κ1) is 32.4. The number of esters is 2. The first-order valence-electron chi connectivity index (χ1n) is 11.4. The van der Waals surface area contributed by atoms with Gasteiger partial charge in [-0.05, 0) is 45.6 Å². The fourth-order valence-corrected chi connectivity index (χ4v) is 2.61. The van der Waals surface area contributed by atoms with E-state index in [0.29, 0.717) is 19.4 Å². The molecule has 15 nitrogen and oxygen atoms in total. The summed E-state index contributed by atoms with van der Waals surface area (Å²) in [4.78, 5) is 61.8. The quantitative estimate of drug-likeness (QED) is 0.0557. The lowest BCUT2D eigenvalue weighted by Crippen LogP contribution is -2.47. The number of carbonyl (C=O) groups is 5. The number of methoxy groups -OCH3 is 1. The lowest BCUT2D eigenvalue weighted by Gasteiger charge is -2.20. The minimum atomic E-state index is -1.19. The smallest absolute Gasteiger partial charge is 0.407 e. The van der Waals surface area contributed by atoms with Crippen molar-refractivity contribution in [3.63, 3.8) is 0 Å². The van der Waals surface area contributed by atoms with Crippen molar-refractivity contribution >= 4 is 29.8 Å². The van der Waals surface area contributed by atoms with Crippen LogP contribution in [0.1, 0.15) is 52.9 Å². The minimum absolute atomic E-state index is 0.0547. The summed E-state index contributed by atoms with van der Waals surface area (Å²) in [6.45, 7) is 5.25. The summed E-state index contributed by atoms with van der Waals surface area (Å²) >= 11 is 0. The van der Waals surface area contributed by atoms with Crippen molar-refractivity contribution in [2.75, 3.05) is 33.4 Å². The van der Waals surface area contributed by atoms with Crippen LogP contribution in [0.4, 0.5) is 4.79 Å². The van der Waals surface area contributed by atoms with E-state index >= 15 is 0 Å². The highest BCUT2D eigenvalue weighted by atomic mass is 16.6. The third kappa shape index (κ3) is 16.9. The molecule has 0 saturated heterocycles. The number of nitrogens with one attached hydrogen (secondary N) is 3. The zero-order chi connectivity index (χ0) is 27.6. The van der Waals surface area contributed by atoms with Crippen molar-refractivity contribution in [2.24, 2.45) is 10.8 Å². The molecule has 2 atom stereocenters. The molecule has 0 aliphatic heterocycles. The van der Waals surface area contributed by atoms with Crippen LogP contribution in [0.2, 0.25) is 0 Å². The second-order valence-corrected chi connectivity index (χ2v) is 8.59. The Hall–Kier alpha value is -3.58. The van der Waals surface area contributed by atoms with Crippen molar-refractivity contribution < 1.29 is 38.2 Å². The van der Waals surface area contributed by atoms with Crippen LogP contribution in [0.3, 0.4) is 0 Å². The first-order valence-corrected chi connectivity index (χ1v) is 11.4. The molecular formula is C21H37N7O8. The summed E-state index contributed by atoms with van der Waals surface area (Å²) in [5.74, 6) is -2.47. The Morgan fingerprint density at radius 2 is 1.78 bits per heavy atom. The van der Waals surface area contributed by atoms with Crippen LogP contribution in [0.15, 0.2) is 5.11 Å². The molecule has 0 aliphatic rings. The number of ether oxygens (including phenoxy) is 3. The third-order valence-electron chi connectivity index (χ3n) is 4.30. The van der Waals surface area contributed by atoms with Crippen LogP contribution in [0.25, 0.3) is 10.4 Å². The molecule has 0 aliphatic carbocycles. The first-order chi connectivity index (χ1) is 16.9. The molecule has 36 heavy (non-hydrogen) atoms. The van der Waals surface area contributed by atoms with E-state index in [2.05, 4.69) is 30.7 Å². The van der Waals surface area contributed by atoms with Crippen molar-refractivity contribution in [3.05, 3.63) is 10.4 Å². The molecule has 15 heteroatoms. The topological polar surface area (TPSA) is 224 Å². The molecule has 0 aromatic carbocycles. The number of hydrogen-bond acceptors (Lipinski definition) is 10. The molecule has 5 N–H and O–H groups in total. The zero-order valence-electron chi connectivity index (χ0n) is 21.2. The maximum Gasteiger partial charge on any atom is 0.407 e. The average molecular weight is 516 g/mol. The highest BCUT2D eigenvalue weighted by molar-refractivity contribution is 5.87. The normalized spacial score (nSPS) is 12.2. The summed E-state index contributed by atoms with van der Waals surface area (Å²) in [5.41, 5.74) is 13.2. The minimum Gasteiger partial charge on any atom is -0.469 e. The monoisotopic (exact) mass is 515 g/mol. The number of azide groups is 1.